The van der Waals surface area contributed by atoms with E-state index in [1.165, 1.54) is 46.4 Å². The maximum absolute atomic E-state index is 13.3. The second-order valence-electron chi connectivity index (χ2n) is 6.80. The quantitative estimate of drug-likeness (QED) is 0.331. The van der Waals surface area contributed by atoms with Crippen LogP contribution in [0.4, 0.5) is 4.39 Å². The van der Waals surface area contributed by atoms with Crippen LogP contribution in [-0.2, 0) is 5.75 Å². The summed E-state index contributed by atoms with van der Waals surface area (Å²) < 4.78 is 13.3. The highest BCUT2D eigenvalue weighted by Gasteiger charge is 2.17. The normalized spacial score (nSPS) is 11.3. The Morgan fingerprint density at radius 2 is 1.93 bits per heavy atom. The number of aryl methyl sites for hydroxylation is 3. The first-order valence-electron chi connectivity index (χ1n) is 8.90. The molecule has 0 saturated heterocycles. The zero-order valence-corrected chi connectivity index (χ0v) is 17.4. The van der Waals surface area contributed by atoms with Crippen molar-refractivity contribution in [1.29, 1.82) is 0 Å². The van der Waals surface area contributed by atoms with Crippen LogP contribution in [0.3, 0.4) is 0 Å². The van der Waals surface area contributed by atoms with E-state index in [1.54, 1.807) is 6.07 Å². The maximum Gasteiger partial charge on any atom is 0.260 e. The summed E-state index contributed by atoms with van der Waals surface area (Å²) in [5.41, 5.74) is 5.14. The number of halogens is 1. The molecule has 0 atom stereocenters. The van der Waals surface area contributed by atoms with Gasteiger partial charge >= 0.3 is 0 Å². The van der Waals surface area contributed by atoms with Gasteiger partial charge in [-0.3, -0.25) is 4.79 Å². The topological polar surface area (TPSA) is 45.8 Å². The van der Waals surface area contributed by atoms with Gasteiger partial charge in [0.1, 0.15) is 10.6 Å². The minimum Gasteiger partial charge on any atom is -0.301 e. The van der Waals surface area contributed by atoms with Crippen molar-refractivity contribution < 1.29 is 4.39 Å². The van der Waals surface area contributed by atoms with Gasteiger partial charge in [-0.05, 0) is 55.2 Å². The van der Waals surface area contributed by atoms with E-state index in [2.05, 4.69) is 42.0 Å². The lowest BCUT2D eigenvalue weighted by molar-refractivity contribution is 0.626. The second-order valence-corrected chi connectivity index (χ2v) is 8.97. The largest absolute Gasteiger partial charge is 0.301 e. The number of benzene rings is 2. The third-order valence-electron chi connectivity index (χ3n) is 4.78. The molecule has 0 aliphatic carbocycles. The summed E-state index contributed by atoms with van der Waals surface area (Å²) in [6.45, 7) is 6.18. The fourth-order valence-corrected chi connectivity index (χ4v) is 5.10. The van der Waals surface area contributed by atoms with Gasteiger partial charge in [0, 0.05) is 16.2 Å². The van der Waals surface area contributed by atoms with Crippen molar-refractivity contribution in [2.24, 2.45) is 0 Å². The number of thioether (sulfide) groups is 1. The average molecular weight is 411 g/mol. The molecule has 0 amide bonds. The van der Waals surface area contributed by atoms with E-state index in [-0.39, 0.29) is 11.4 Å². The summed E-state index contributed by atoms with van der Waals surface area (Å²) in [4.78, 5) is 22.2. The van der Waals surface area contributed by atoms with Crippen LogP contribution in [0.25, 0.3) is 21.3 Å². The molecule has 0 saturated carbocycles. The monoisotopic (exact) mass is 410 g/mol. The molecule has 0 aliphatic heterocycles. The standard InChI is InChI=1S/C22H19FN2OS2/c1-12-7-8-16(9-13(12)2)18-14(3)28-21-19(18)20(26)24-22(25-21)27-11-15-5-4-6-17(23)10-15/h4-10H,11H2,1-3H3,(H,24,25,26). The van der Waals surface area contributed by atoms with Crippen molar-refractivity contribution in [3.8, 4) is 11.1 Å². The van der Waals surface area contributed by atoms with Gasteiger partial charge in [0.15, 0.2) is 5.16 Å². The molecule has 2 aromatic heterocycles. The van der Waals surface area contributed by atoms with E-state index in [0.717, 1.165) is 26.4 Å². The first kappa shape index (κ1) is 18.9. The van der Waals surface area contributed by atoms with Crippen LogP contribution in [0.1, 0.15) is 21.6 Å². The minimum atomic E-state index is -0.262. The lowest BCUT2D eigenvalue weighted by atomic mass is 9.99. The molecule has 4 rings (SSSR count). The lowest BCUT2D eigenvalue weighted by Crippen LogP contribution is -2.08. The molecule has 2 heterocycles. The minimum absolute atomic E-state index is 0.135. The van der Waals surface area contributed by atoms with Crippen LogP contribution in [0.5, 0.6) is 0 Å². The maximum atomic E-state index is 13.3. The van der Waals surface area contributed by atoms with Crippen LogP contribution < -0.4 is 5.56 Å². The van der Waals surface area contributed by atoms with Crippen molar-refractivity contribution in [1.82, 2.24) is 9.97 Å². The number of thiophene rings is 1. The summed E-state index contributed by atoms with van der Waals surface area (Å²) in [6, 6.07) is 12.7. The Labute approximate surface area is 170 Å². The molecule has 2 aromatic carbocycles. The average Bonchev–Trinajstić information content (AvgIpc) is 2.99. The summed E-state index contributed by atoms with van der Waals surface area (Å²) in [6.07, 6.45) is 0. The van der Waals surface area contributed by atoms with Gasteiger partial charge in [-0.1, -0.05) is 42.1 Å². The Balaban J connectivity index is 1.72. The molecule has 0 unspecified atom stereocenters. The molecule has 0 bridgehead atoms. The van der Waals surface area contributed by atoms with Gasteiger partial charge in [0.2, 0.25) is 0 Å². The van der Waals surface area contributed by atoms with Crippen molar-refractivity contribution in [2.75, 3.05) is 0 Å². The van der Waals surface area contributed by atoms with Crippen LogP contribution in [0, 0.1) is 26.6 Å². The molecule has 0 spiro atoms. The molecule has 142 valence electrons. The van der Waals surface area contributed by atoms with Crippen molar-refractivity contribution in [3.63, 3.8) is 0 Å². The van der Waals surface area contributed by atoms with Gasteiger partial charge in [0.05, 0.1) is 5.39 Å². The van der Waals surface area contributed by atoms with E-state index in [9.17, 15) is 9.18 Å². The Kier molecular flexibility index (Phi) is 5.08. The van der Waals surface area contributed by atoms with Crippen molar-refractivity contribution in [2.45, 2.75) is 31.7 Å². The predicted molar refractivity (Wildman–Crippen MR) is 116 cm³/mol. The summed E-state index contributed by atoms with van der Waals surface area (Å²) in [5.74, 6) is 0.280. The third kappa shape index (κ3) is 3.62. The predicted octanol–water partition coefficient (Wildman–Crippen LogP) is 6.01. The van der Waals surface area contributed by atoms with E-state index in [0.29, 0.717) is 16.3 Å². The van der Waals surface area contributed by atoms with Gasteiger partial charge in [-0.15, -0.1) is 11.3 Å². The molecule has 0 fully saturated rings. The molecule has 1 N–H and O–H groups in total. The lowest BCUT2D eigenvalue weighted by Gasteiger charge is -2.06. The number of fused-ring (bicyclic) bond motifs is 1. The van der Waals surface area contributed by atoms with Crippen molar-refractivity contribution >= 4 is 33.3 Å². The van der Waals surface area contributed by atoms with E-state index < -0.39 is 0 Å². The number of hydrogen-bond donors (Lipinski definition) is 1. The molecule has 4 aromatic rings. The number of aromatic nitrogens is 2. The number of aromatic amines is 1. The zero-order valence-electron chi connectivity index (χ0n) is 15.8. The van der Waals surface area contributed by atoms with Gasteiger partial charge in [0.25, 0.3) is 5.56 Å². The molecule has 28 heavy (non-hydrogen) atoms. The Hall–Kier alpha value is -2.44. The van der Waals surface area contributed by atoms with Gasteiger partial charge in [-0.25, -0.2) is 9.37 Å². The van der Waals surface area contributed by atoms with Gasteiger partial charge < -0.3 is 4.98 Å². The third-order valence-corrected chi connectivity index (χ3v) is 6.72. The Bertz CT molecular complexity index is 1240. The first-order chi connectivity index (χ1) is 13.4. The van der Waals surface area contributed by atoms with Crippen molar-refractivity contribution in [3.05, 3.63) is 80.2 Å². The highest BCUT2D eigenvalue weighted by molar-refractivity contribution is 7.98. The number of nitrogens with zero attached hydrogens (tertiary/aromatic N) is 1. The van der Waals surface area contributed by atoms with E-state index in [1.807, 2.05) is 13.0 Å². The molecular formula is C22H19FN2OS2. The highest BCUT2D eigenvalue weighted by atomic mass is 32.2. The smallest absolute Gasteiger partial charge is 0.260 e. The molecule has 0 radical (unpaired) electrons. The number of nitrogens with one attached hydrogen (secondary N) is 1. The molecule has 0 aliphatic rings. The first-order valence-corrected chi connectivity index (χ1v) is 10.7. The second kappa shape index (κ2) is 7.53. The highest BCUT2D eigenvalue weighted by Crippen LogP contribution is 2.36. The summed E-state index contributed by atoms with van der Waals surface area (Å²) in [7, 11) is 0. The fourth-order valence-electron chi connectivity index (χ4n) is 3.19. The number of rotatable bonds is 4. The van der Waals surface area contributed by atoms with Crippen LogP contribution in [0.15, 0.2) is 52.4 Å². The Morgan fingerprint density at radius 3 is 2.68 bits per heavy atom. The fraction of sp³-hybridized carbons (Fsp3) is 0.182. The zero-order chi connectivity index (χ0) is 19.8. The molecular weight excluding hydrogens is 391 g/mol. The Morgan fingerprint density at radius 1 is 1.11 bits per heavy atom. The van der Waals surface area contributed by atoms with Crippen LogP contribution >= 0.6 is 23.1 Å². The summed E-state index contributed by atoms with van der Waals surface area (Å²) in [5, 5.41) is 1.19. The van der Waals surface area contributed by atoms with Crippen LogP contribution in [-0.4, -0.2) is 9.97 Å². The molecule has 3 nitrogen and oxygen atoms in total. The molecule has 6 heteroatoms. The van der Waals surface area contributed by atoms with Gasteiger partial charge in [-0.2, -0.15) is 0 Å². The summed E-state index contributed by atoms with van der Waals surface area (Å²) >= 11 is 2.93. The SMILES string of the molecule is Cc1ccc(-c2c(C)sc3nc(SCc4cccc(F)c4)[nH]c(=O)c23)cc1C. The van der Waals surface area contributed by atoms with Crippen LogP contribution in [0.2, 0.25) is 0 Å². The number of hydrogen-bond acceptors (Lipinski definition) is 4. The van der Waals surface area contributed by atoms with E-state index in [4.69, 9.17) is 0 Å². The van der Waals surface area contributed by atoms with E-state index >= 15 is 0 Å². The number of H-pyrrole nitrogens is 1.